The fourth-order valence-corrected chi connectivity index (χ4v) is 5.48. The van der Waals surface area contributed by atoms with Crippen molar-refractivity contribution in [2.75, 3.05) is 20.6 Å². The quantitative estimate of drug-likeness (QED) is 0.864. The molecule has 0 spiro atoms. The van der Waals surface area contributed by atoms with Crippen molar-refractivity contribution in [3.05, 3.63) is 34.9 Å². The monoisotopic (exact) mass is 298 g/mol. The number of likely N-dealkylation sites (tertiary alicyclic amines) is 1. The Balaban J connectivity index is 1.85. The topological polar surface area (TPSA) is 32.3 Å². The molecule has 1 amide bonds. The molecule has 2 fully saturated rings. The van der Waals surface area contributed by atoms with E-state index in [0.717, 1.165) is 17.9 Å². The van der Waals surface area contributed by atoms with Crippen molar-refractivity contribution >= 4 is 5.91 Å². The molecule has 3 nitrogen and oxygen atoms in total. The van der Waals surface area contributed by atoms with Crippen molar-refractivity contribution in [2.45, 2.75) is 50.0 Å². The van der Waals surface area contributed by atoms with E-state index < -0.39 is 0 Å². The minimum Gasteiger partial charge on any atom is -0.355 e. The maximum atomic E-state index is 12.1. The van der Waals surface area contributed by atoms with E-state index in [4.69, 9.17) is 0 Å². The molecule has 0 unspecified atom stereocenters. The number of benzene rings is 1. The van der Waals surface area contributed by atoms with Crippen LogP contribution < -0.4 is 5.32 Å². The number of carbonyl (C=O) groups is 1. The van der Waals surface area contributed by atoms with Crippen LogP contribution in [0.3, 0.4) is 0 Å². The fourth-order valence-electron chi connectivity index (χ4n) is 5.48. The lowest BCUT2D eigenvalue weighted by molar-refractivity contribution is 0.00283. The first-order valence-electron chi connectivity index (χ1n) is 8.71. The van der Waals surface area contributed by atoms with Gasteiger partial charge in [0.2, 0.25) is 0 Å². The van der Waals surface area contributed by atoms with E-state index in [2.05, 4.69) is 29.4 Å². The lowest BCUT2D eigenvalue weighted by Crippen LogP contribution is -2.59. The summed E-state index contributed by atoms with van der Waals surface area (Å²) in [7, 11) is 4.02. The number of nitrogens with one attached hydrogen (secondary N) is 1. The van der Waals surface area contributed by atoms with Gasteiger partial charge in [0.15, 0.2) is 0 Å². The van der Waals surface area contributed by atoms with Crippen LogP contribution >= 0.6 is 0 Å². The fraction of sp³-hybridized carbons (Fsp3) is 0.632. The Morgan fingerprint density at radius 3 is 3.00 bits per heavy atom. The predicted molar refractivity (Wildman–Crippen MR) is 88.2 cm³/mol. The van der Waals surface area contributed by atoms with E-state index >= 15 is 0 Å². The van der Waals surface area contributed by atoms with E-state index in [-0.39, 0.29) is 5.91 Å². The zero-order chi connectivity index (χ0) is 15.3. The molecule has 3 aliphatic rings. The lowest BCUT2D eigenvalue weighted by atomic mass is 9.52. The Morgan fingerprint density at radius 2 is 2.18 bits per heavy atom. The highest BCUT2D eigenvalue weighted by Gasteiger charge is 2.53. The summed E-state index contributed by atoms with van der Waals surface area (Å²) in [5, 5.41) is 2.77. The third kappa shape index (κ3) is 1.88. The summed E-state index contributed by atoms with van der Waals surface area (Å²) in [6.07, 6.45) is 7.81. The van der Waals surface area contributed by atoms with Gasteiger partial charge in [-0.3, -0.25) is 4.79 Å². The number of piperidine rings is 1. The number of rotatable bonds is 1. The predicted octanol–water partition coefficient (Wildman–Crippen LogP) is 2.73. The molecule has 1 aliphatic heterocycles. The van der Waals surface area contributed by atoms with Crippen molar-refractivity contribution in [1.29, 1.82) is 0 Å². The minimum atomic E-state index is 0.0432. The van der Waals surface area contributed by atoms with Gasteiger partial charge in [-0.05, 0) is 68.5 Å². The van der Waals surface area contributed by atoms with Gasteiger partial charge in [-0.15, -0.1) is 0 Å². The van der Waals surface area contributed by atoms with Gasteiger partial charge in [-0.1, -0.05) is 18.9 Å². The van der Waals surface area contributed by atoms with Crippen molar-refractivity contribution < 1.29 is 4.79 Å². The first-order chi connectivity index (χ1) is 10.7. The summed E-state index contributed by atoms with van der Waals surface area (Å²) in [5.41, 5.74) is 4.16. The van der Waals surface area contributed by atoms with Gasteiger partial charge in [0, 0.05) is 24.1 Å². The van der Waals surface area contributed by atoms with E-state index in [1.54, 1.807) is 7.05 Å². The van der Waals surface area contributed by atoms with Crippen LogP contribution in [0.5, 0.6) is 0 Å². The number of nitrogens with zero attached hydrogens (tertiary/aromatic N) is 1. The third-order valence-electron chi connectivity index (χ3n) is 6.60. The zero-order valence-corrected chi connectivity index (χ0v) is 13.7. The molecule has 3 atom stereocenters. The SMILES string of the molecule is CNC(=O)c1ccc2c(c1)[C@@]13CCCC[C@H]1[C@@H](C2)N(C)CC3. The van der Waals surface area contributed by atoms with E-state index in [0.29, 0.717) is 11.5 Å². The van der Waals surface area contributed by atoms with Gasteiger partial charge < -0.3 is 10.2 Å². The lowest BCUT2D eigenvalue weighted by Gasteiger charge is -2.58. The van der Waals surface area contributed by atoms with Gasteiger partial charge in [0.05, 0.1) is 0 Å². The maximum Gasteiger partial charge on any atom is 0.251 e. The van der Waals surface area contributed by atoms with E-state index in [9.17, 15) is 4.79 Å². The highest BCUT2D eigenvalue weighted by molar-refractivity contribution is 5.94. The van der Waals surface area contributed by atoms with Crippen LogP contribution in [0.4, 0.5) is 0 Å². The van der Waals surface area contributed by atoms with Gasteiger partial charge in [-0.2, -0.15) is 0 Å². The van der Waals surface area contributed by atoms with E-state index in [1.807, 2.05) is 6.07 Å². The molecular formula is C19H26N2O. The number of fused-ring (bicyclic) bond motifs is 1. The number of hydrogen-bond acceptors (Lipinski definition) is 2. The molecule has 1 N–H and O–H groups in total. The summed E-state index contributed by atoms with van der Waals surface area (Å²) >= 11 is 0. The Hall–Kier alpha value is -1.35. The molecule has 1 aromatic carbocycles. The first-order valence-corrected chi connectivity index (χ1v) is 8.71. The van der Waals surface area contributed by atoms with Crippen LogP contribution in [0, 0.1) is 5.92 Å². The molecule has 0 radical (unpaired) electrons. The normalized spacial score (nSPS) is 33.7. The van der Waals surface area contributed by atoms with Gasteiger partial charge in [0.1, 0.15) is 0 Å². The summed E-state index contributed by atoms with van der Waals surface area (Å²) < 4.78 is 0. The first kappa shape index (κ1) is 14.3. The second kappa shape index (κ2) is 5.09. The highest BCUT2D eigenvalue weighted by atomic mass is 16.1. The number of carbonyl (C=O) groups excluding carboxylic acids is 1. The largest absolute Gasteiger partial charge is 0.355 e. The molecule has 3 heteroatoms. The molecule has 1 saturated carbocycles. The van der Waals surface area contributed by atoms with Crippen molar-refractivity contribution in [1.82, 2.24) is 10.2 Å². The Kier molecular flexibility index (Phi) is 3.30. The zero-order valence-electron chi connectivity index (χ0n) is 13.7. The second-order valence-electron chi connectivity index (χ2n) is 7.46. The highest BCUT2D eigenvalue weighted by Crippen LogP contribution is 2.55. The molecule has 1 saturated heterocycles. The number of hydrogen-bond donors (Lipinski definition) is 1. The van der Waals surface area contributed by atoms with Crippen molar-refractivity contribution in [2.24, 2.45) is 5.92 Å². The Morgan fingerprint density at radius 1 is 1.32 bits per heavy atom. The van der Waals surface area contributed by atoms with Crippen LogP contribution in [0.2, 0.25) is 0 Å². The smallest absolute Gasteiger partial charge is 0.251 e. The second-order valence-corrected chi connectivity index (χ2v) is 7.46. The van der Waals surface area contributed by atoms with Crippen LogP contribution in [0.1, 0.15) is 53.6 Å². The summed E-state index contributed by atoms with van der Waals surface area (Å²) in [6, 6.07) is 7.15. The van der Waals surface area contributed by atoms with Crippen molar-refractivity contribution in [3.63, 3.8) is 0 Å². The molecule has 118 valence electrons. The minimum absolute atomic E-state index is 0.0432. The standard InChI is InChI=1S/C19H26N2O/c1-20-18(22)14-7-6-13-12-17-15-5-3-4-8-19(15,16(13)11-14)9-10-21(17)2/h6-7,11,15,17H,3-5,8-10,12H2,1-2H3,(H,20,22)/t15-,17+,19+/m0/s1. The van der Waals surface area contributed by atoms with Crippen LogP contribution in [0.15, 0.2) is 18.2 Å². The molecule has 2 bridgehead atoms. The number of amides is 1. The summed E-state index contributed by atoms with van der Waals surface area (Å²) in [5.74, 6) is 0.828. The molecular weight excluding hydrogens is 272 g/mol. The summed E-state index contributed by atoms with van der Waals surface area (Å²) in [6.45, 7) is 1.20. The molecule has 2 aliphatic carbocycles. The van der Waals surface area contributed by atoms with Gasteiger partial charge in [-0.25, -0.2) is 0 Å². The summed E-state index contributed by atoms with van der Waals surface area (Å²) in [4.78, 5) is 14.7. The Labute approximate surface area is 133 Å². The number of likely N-dealkylation sites (N-methyl/N-ethyl adjacent to an activating group) is 1. The van der Waals surface area contributed by atoms with Crippen LogP contribution in [0.25, 0.3) is 0 Å². The Bertz CT molecular complexity index is 611. The van der Waals surface area contributed by atoms with Gasteiger partial charge in [0.25, 0.3) is 5.91 Å². The van der Waals surface area contributed by atoms with Gasteiger partial charge >= 0.3 is 0 Å². The van der Waals surface area contributed by atoms with Crippen LogP contribution in [-0.4, -0.2) is 37.5 Å². The molecule has 4 rings (SSSR count). The molecule has 0 aromatic heterocycles. The van der Waals surface area contributed by atoms with Crippen molar-refractivity contribution in [3.8, 4) is 0 Å². The molecule has 1 heterocycles. The maximum absolute atomic E-state index is 12.1. The molecule has 1 aromatic rings. The third-order valence-corrected chi connectivity index (χ3v) is 6.60. The average molecular weight is 298 g/mol. The molecule has 22 heavy (non-hydrogen) atoms. The van der Waals surface area contributed by atoms with E-state index in [1.165, 1.54) is 49.8 Å². The van der Waals surface area contributed by atoms with Crippen LogP contribution in [-0.2, 0) is 11.8 Å². The average Bonchev–Trinajstić information content (AvgIpc) is 2.57.